The van der Waals surface area contributed by atoms with Gasteiger partial charge in [0.05, 0.1) is 11.2 Å². The highest BCUT2D eigenvalue weighted by atomic mass is 79.9. The molecule has 0 bridgehead atoms. The van der Waals surface area contributed by atoms with E-state index in [1.54, 1.807) is 12.4 Å². The Balaban J connectivity index is 2.47. The predicted molar refractivity (Wildman–Crippen MR) is 74.2 cm³/mol. The van der Waals surface area contributed by atoms with Crippen molar-refractivity contribution in [3.8, 4) is 0 Å². The SMILES string of the molecule is CC(N)CN(C)c1ccnc2cc(Br)cnc12. The Hall–Kier alpha value is -1.20. The second-order valence-electron chi connectivity index (χ2n) is 4.21. The lowest BCUT2D eigenvalue weighted by atomic mass is 10.2. The average Bonchev–Trinajstić information content (AvgIpc) is 2.26. The van der Waals surface area contributed by atoms with Crippen LogP contribution in [-0.4, -0.2) is 29.6 Å². The van der Waals surface area contributed by atoms with Crippen LogP contribution < -0.4 is 10.6 Å². The van der Waals surface area contributed by atoms with Crippen LogP contribution in [0, 0.1) is 0 Å². The number of halogens is 1. The van der Waals surface area contributed by atoms with Gasteiger partial charge in [0.15, 0.2) is 0 Å². The van der Waals surface area contributed by atoms with Gasteiger partial charge < -0.3 is 10.6 Å². The van der Waals surface area contributed by atoms with Crippen LogP contribution in [0.4, 0.5) is 5.69 Å². The molecule has 1 unspecified atom stereocenters. The van der Waals surface area contributed by atoms with Crippen LogP contribution in [0.3, 0.4) is 0 Å². The number of anilines is 1. The number of hydrogen-bond donors (Lipinski definition) is 1. The molecule has 0 aromatic carbocycles. The Morgan fingerprint density at radius 3 is 2.94 bits per heavy atom. The second-order valence-corrected chi connectivity index (χ2v) is 5.12. The van der Waals surface area contributed by atoms with E-state index in [1.165, 1.54) is 0 Å². The minimum Gasteiger partial charge on any atom is -0.371 e. The van der Waals surface area contributed by atoms with E-state index in [9.17, 15) is 0 Å². The summed E-state index contributed by atoms with van der Waals surface area (Å²) in [5.41, 5.74) is 8.65. The van der Waals surface area contributed by atoms with Crippen LogP contribution >= 0.6 is 15.9 Å². The summed E-state index contributed by atoms with van der Waals surface area (Å²) in [6, 6.07) is 4.05. The molecular weight excluding hydrogens is 280 g/mol. The molecule has 0 radical (unpaired) electrons. The summed E-state index contributed by atoms with van der Waals surface area (Å²) in [5, 5.41) is 0. The number of nitrogens with zero attached hydrogens (tertiary/aromatic N) is 3. The van der Waals surface area contributed by atoms with Crippen molar-refractivity contribution < 1.29 is 0 Å². The summed E-state index contributed by atoms with van der Waals surface area (Å²) in [7, 11) is 2.02. The number of rotatable bonds is 3. The average molecular weight is 295 g/mol. The molecule has 2 heterocycles. The van der Waals surface area contributed by atoms with Gasteiger partial charge in [0.1, 0.15) is 5.52 Å². The lowest BCUT2D eigenvalue weighted by Gasteiger charge is -2.22. The fourth-order valence-electron chi connectivity index (χ4n) is 1.83. The lowest BCUT2D eigenvalue weighted by Crippen LogP contribution is -2.32. The fourth-order valence-corrected chi connectivity index (χ4v) is 2.15. The number of pyridine rings is 2. The molecule has 2 aromatic heterocycles. The number of nitrogens with two attached hydrogens (primary N) is 1. The highest BCUT2D eigenvalue weighted by molar-refractivity contribution is 9.10. The zero-order chi connectivity index (χ0) is 12.4. The molecule has 4 nitrogen and oxygen atoms in total. The number of hydrogen-bond acceptors (Lipinski definition) is 4. The largest absolute Gasteiger partial charge is 0.371 e. The van der Waals surface area contributed by atoms with E-state index in [1.807, 2.05) is 26.1 Å². The van der Waals surface area contributed by atoms with Gasteiger partial charge in [-0.1, -0.05) is 0 Å². The van der Waals surface area contributed by atoms with E-state index in [0.717, 1.165) is 27.7 Å². The van der Waals surface area contributed by atoms with Crippen molar-refractivity contribution in [2.45, 2.75) is 13.0 Å². The molecule has 90 valence electrons. The summed E-state index contributed by atoms with van der Waals surface area (Å²) >= 11 is 3.40. The van der Waals surface area contributed by atoms with E-state index in [0.29, 0.717) is 0 Å². The summed E-state index contributed by atoms with van der Waals surface area (Å²) in [6.07, 6.45) is 3.58. The van der Waals surface area contributed by atoms with Gasteiger partial charge in [0.2, 0.25) is 0 Å². The third-order valence-electron chi connectivity index (χ3n) is 2.50. The predicted octanol–water partition coefficient (Wildman–Crippen LogP) is 2.18. The molecule has 17 heavy (non-hydrogen) atoms. The van der Waals surface area contributed by atoms with Gasteiger partial charge in [-0.25, -0.2) is 0 Å². The van der Waals surface area contributed by atoms with E-state index >= 15 is 0 Å². The summed E-state index contributed by atoms with van der Waals surface area (Å²) in [6.45, 7) is 2.78. The first-order valence-electron chi connectivity index (χ1n) is 5.45. The van der Waals surface area contributed by atoms with Gasteiger partial charge in [-0.05, 0) is 35.0 Å². The van der Waals surface area contributed by atoms with Gasteiger partial charge >= 0.3 is 0 Å². The van der Waals surface area contributed by atoms with Gasteiger partial charge in [0.25, 0.3) is 0 Å². The molecule has 0 saturated carbocycles. The lowest BCUT2D eigenvalue weighted by molar-refractivity contribution is 0.718. The molecule has 2 rings (SSSR count). The first-order valence-corrected chi connectivity index (χ1v) is 6.24. The number of fused-ring (bicyclic) bond motifs is 1. The summed E-state index contributed by atoms with van der Waals surface area (Å²) in [4.78, 5) is 10.8. The zero-order valence-corrected chi connectivity index (χ0v) is 11.5. The van der Waals surface area contributed by atoms with Gasteiger partial charge in [-0.2, -0.15) is 0 Å². The Morgan fingerprint density at radius 2 is 2.24 bits per heavy atom. The zero-order valence-electron chi connectivity index (χ0n) is 9.89. The van der Waals surface area contributed by atoms with Crippen LogP contribution in [0.1, 0.15) is 6.92 Å². The maximum absolute atomic E-state index is 5.81. The van der Waals surface area contributed by atoms with Crippen molar-refractivity contribution in [3.05, 3.63) is 29.0 Å². The molecule has 0 fully saturated rings. The second kappa shape index (κ2) is 4.98. The Kier molecular flexibility index (Phi) is 3.59. The van der Waals surface area contributed by atoms with E-state index < -0.39 is 0 Å². The van der Waals surface area contributed by atoms with Gasteiger partial charge in [-0.15, -0.1) is 0 Å². The minimum atomic E-state index is 0.124. The van der Waals surface area contributed by atoms with Gasteiger partial charge in [0, 0.05) is 36.5 Å². The van der Waals surface area contributed by atoms with Crippen molar-refractivity contribution in [2.75, 3.05) is 18.5 Å². The smallest absolute Gasteiger partial charge is 0.112 e. The van der Waals surface area contributed by atoms with Crippen LogP contribution in [-0.2, 0) is 0 Å². The highest BCUT2D eigenvalue weighted by Gasteiger charge is 2.09. The molecule has 0 aliphatic carbocycles. The molecule has 0 amide bonds. The quantitative estimate of drug-likeness (QED) is 0.943. The maximum atomic E-state index is 5.81. The van der Waals surface area contributed by atoms with Crippen molar-refractivity contribution >= 4 is 32.7 Å². The monoisotopic (exact) mass is 294 g/mol. The Bertz CT molecular complexity index is 527. The Morgan fingerprint density at radius 1 is 1.47 bits per heavy atom. The van der Waals surface area contributed by atoms with Crippen LogP contribution in [0.2, 0.25) is 0 Å². The molecule has 2 aromatic rings. The first kappa shape index (κ1) is 12.3. The number of likely N-dealkylation sites (N-methyl/N-ethyl adjacent to an activating group) is 1. The maximum Gasteiger partial charge on any atom is 0.112 e. The normalized spacial score (nSPS) is 12.7. The van der Waals surface area contributed by atoms with E-state index in [-0.39, 0.29) is 6.04 Å². The van der Waals surface area contributed by atoms with Crippen LogP contribution in [0.25, 0.3) is 11.0 Å². The van der Waals surface area contributed by atoms with Crippen molar-refractivity contribution in [3.63, 3.8) is 0 Å². The third-order valence-corrected chi connectivity index (χ3v) is 2.93. The molecule has 0 spiro atoms. The van der Waals surface area contributed by atoms with E-state index in [4.69, 9.17) is 5.73 Å². The van der Waals surface area contributed by atoms with Crippen LogP contribution in [0.15, 0.2) is 29.0 Å². The van der Waals surface area contributed by atoms with Crippen molar-refractivity contribution in [2.24, 2.45) is 5.73 Å². The molecule has 2 N–H and O–H groups in total. The molecule has 5 heteroatoms. The molecule has 0 saturated heterocycles. The van der Waals surface area contributed by atoms with Gasteiger partial charge in [-0.3, -0.25) is 9.97 Å². The molecule has 0 aliphatic heterocycles. The minimum absolute atomic E-state index is 0.124. The molecule has 1 atom stereocenters. The first-order chi connectivity index (χ1) is 8.08. The van der Waals surface area contributed by atoms with Crippen molar-refractivity contribution in [1.82, 2.24) is 9.97 Å². The standard InChI is InChI=1S/C12H15BrN4/c1-8(14)7-17(2)11-3-4-15-10-5-9(13)6-16-12(10)11/h3-6,8H,7,14H2,1-2H3. The fraction of sp³-hybridized carbons (Fsp3) is 0.333. The Labute approximate surface area is 109 Å². The van der Waals surface area contributed by atoms with Crippen LogP contribution in [0.5, 0.6) is 0 Å². The number of aromatic nitrogens is 2. The van der Waals surface area contributed by atoms with Crippen molar-refractivity contribution in [1.29, 1.82) is 0 Å². The third kappa shape index (κ3) is 2.73. The molecular formula is C12H15BrN4. The van der Waals surface area contributed by atoms with E-state index in [2.05, 4.69) is 30.8 Å². The summed E-state index contributed by atoms with van der Waals surface area (Å²) < 4.78 is 0.935. The molecule has 0 aliphatic rings. The highest BCUT2D eigenvalue weighted by Crippen LogP contribution is 2.24. The topological polar surface area (TPSA) is 55.0 Å². The summed E-state index contributed by atoms with van der Waals surface area (Å²) in [5.74, 6) is 0.